The highest BCUT2D eigenvalue weighted by Crippen LogP contribution is 2.45. The van der Waals surface area contributed by atoms with Crippen LogP contribution in [0.4, 0.5) is 4.79 Å². The van der Waals surface area contributed by atoms with E-state index in [2.05, 4.69) is 40.8 Å². The van der Waals surface area contributed by atoms with E-state index in [0.717, 1.165) is 25.7 Å². The Labute approximate surface area is 173 Å². The van der Waals surface area contributed by atoms with Crippen LogP contribution in [-0.4, -0.2) is 54.8 Å². The Bertz CT molecular complexity index is 552. The summed E-state index contributed by atoms with van der Waals surface area (Å²) >= 11 is 0. The van der Waals surface area contributed by atoms with Crippen LogP contribution in [0, 0.1) is 11.8 Å². The maximum absolute atomic E-state index is 13.2. The van der Waals surface area contributed by atoms with Crippen LogP contribution in [0.15, 0.2) is 0 Å². The summed E-state index contributed by atoms with van der Waals surface area (Å²) in [6.07, 6.45) is 3.73. The number of amides is 1. The Hall–Kier alpha value is -0.593. The first kappa shape index (κ1) is 23.7. The number of carbonyl (C=O) groups excluding carboxylic acids is 1. The molecule has 1 amide bonds. The lowest BCUT2D eigenvalue weighted by atomic mass is 9.69. The van der Waals surface area contributed by atoms with Crippen molar-refractivity contribution in [1.82, 2.24) is 4.90 Å². The number of likely N-dealkylation sites (tertiary alicyclic amines) is 1. The van der Waals surface area contributed by atoms with E-state index in [0.29, 0.717) is 0 Å². The fourth-order valence-corrected chi connectivity index (χ4v) is 5.92. The zero-order valence-electron chi connectivity index (χ0n) is 19.5. The summed E-state index contributed by atoms with van der Waals surface area (Å²) in [6, 6.07) is 0.109. The second-order valence-corrected chi connectivity index (χ2v) is 16.1. The SMILES string of the molecule is C[C@H]1[C@H](O[Si](C)(C)C(C)(C)C)C[C@@H]2[C@H](CO)CCC[C@@H]2N1C(=O)OC(C)(C)C. The highest BCUT2D eigenvalue weighted by Gasteiger charge is 2.51. The molecule has 0 aromatic heterocycles. The molecule has 1 heterocycles. The van der Waals surface area contributed by atoms with Crippen LogP contribution in [0.1, 0.15) is 74.1 Å². The van der Waals surface area contributed by atoms with Gasteiger partial charge in [-0.05, 0) is 76.9 Å². The Morgan fingerprint density at radius 1 is 1.14 bits per heavy atom. The topological polar surface area (TPSA) is 59.0 Å². The Morgan fingerprint density at radius 3 is 2.25 bits per heavy atom. The van der Waals surface area contributed by atoms with Crippen LogP contribution in [0.2, 0.25) is 18.1 Å². The van der Waals surface area contributed by atoms with Crippen molar-refractivity contribution in [3.8, 4) is 0 Å². The number of rotatable bonds is 3. The van der Waals surface area contributed by atoms with Gasteiger partial charge in [-0.25, -0.2) is 4.79 Å². The smallest absolute Gasteiger partial charge is 0.410 e. The first-order valence-electron chi connectivity index (χ1n) is 11.0. The van der Waals surface area contributed by atoms with E-state index in [1.807, 2.05) is 25.7 Å². The predicted octanol–water partition coefficient (Wildman–Crippen LogP) is 5.18. The summed E-state index contributed by atoms with van der Waals surface area (Å²) in [5.41, 5.74) is -0.523. The normalized spacial score (nSPS) is 32.1. The summed E-state index contributed by atoms with van der Waals surface area (Å²) in [4.78, 5) is 15.1. The van der Waals surface area contributed by atoms with Gasteiger partial charge in [0.2, 0.25) is 0 Å². The van der Waals surface area contributed by atoms with Crippen molar-refractivity contribution in [2.75, 3.05) is 6.61 Å². The van der Waals surface area contributed by atoms with Gasteiger partial charge in [-0.15, -0.1) is 0 Å². The lowest BCUT2D eigenvalue weighted by Crippen LogP contribution is -2.63. The summed E-state index contributed by atoms with van der Waals surface area (Å²) in [7, 11) is -1.98. The van der Waals surface area contributed by atoms with Gasteiger partial charge < -0.3 is 14.3 Å². The first-order valence-corrected chi connectivity index (χ1v) is 13.9. The van der Waals surface area contributed by atoms with E-state index in [4.69, 9.17) is 9.16 Å². The van der Waals surface area contributed by atoms with Gasteiger partial charge >= 0.3 is 6.09 Å². The van der Waals surface area contributed by atoms with Crippen LogP contribution in [-0.2, 0) is 9.16 Å². The number of carbonyl (C=O) groups is 1. The van der Waals surface area contributed by atoms with Gasteiger partial charge in [-0.2, -0.15) is 0 Å². The molecular weight excluding hydrogens is 370 g/mol. The summed E-state index contributed by atoms with van der Waals surface area (Å²) < 4.78 is 12.6. The minimum absolute atomic E-state index is 0.0122. The number of ether oxygens (including phenoxy) is 1. The number of piperidine rings is 1. The molecule has 0 spiro atoms. The van der Waals surface area contributed by atoms with E-state index >= 15 is 0 Å². The second-order valence-electron chi connectivity index (χ2n) is 11.4. The Balaban J connectivity index is 2.34. The van der Waals surface area contributed by atoms with E-state index in [-0.39, 0.29) is 47.8 Å². The molecule has 1 aliphatic heterocycles. The summed E-state index contributed by atoms with van der Waals surface area (Å²) in [5.74, 6) is 0.513. The molecule has 0 bridgehead atoms. The summed E-state index contributed by atoms with van der Waals surface area (Å²) in [5, 5.41) is 10.1. The fourth-order valence-electron chi connectivity index (χ4n) is 4.52. The minimum atomic E-state index is -1.98. The largest absolute Gasteiger partial charge is 0.444 e. The van der Waals surface area contributed by atoms with Gasteiger partial charge in [-0.3, -0.25) is 4.90 Å². The van der Waals surface area contributed by atoms with Crippen LogP contribution in [0.5, 0.6) is 0 Å². The van der Waals surface area contributed by atoms with Crippen LogP contribution in [0.25, 0.3) is 0 Å². The molecule has 28 heavy (non-hydrogen) atoms. The van der Waals surface area contributed by atoms with Crippen LogP contribution >= 0.6 is 0 Å². The predicted molar refractivity (Wildman–Crippen MR) is 116 cm³/mol. The molecule has 164 valence electrons. The van der Waals surface area contributed by atoms with Gasteiger partial charge in [0.15, 0.2) is 8.32 Å². The van der Waals surface area contributed by atoms with Gasteiger partial charge in [0, 0.05) is 12.6 Å². The standard InChI is InChI=1S/C22H43NO4Si/c1-15-19(27-28(8,9)22(5,6)7)13-17-16(14-24)11-10-12-18(17)23(15)20(25)26-21(2,3)4/h15-19,24H,10-14H2,1-9H3/t15-,16-,17+,18-,19+/m0/s1. The van der Waals surface area contributed by atoms with Gasteiger partial charge in [0.25, 0.3) is 0 Å². The monoisotopic (exact) mass is 413 g/mol. The minimum Gasteiger partial charge on any atom is -0.444 e. The molecule has 0 radical (unpaired) electrons. The van der Waals surface area contributed by atoms with Gasteiger partial charge in [0.1, 0.15) is 5.60 Å². The molecule has 6 heteroatoms. The highest BCUT2D eigenvalue weighted by atomic mass is 28.4. The quantitative estimate of drug-likeness (QED) is 0.647. The average molecular weight is 414 g/mol. The molecule has 0 aromatic rings. The number of nitrogens with zero attached hydrogens (tertiary/aromatic N) is 1. The van der Waals surface area contributed by atoms with Crippen molar-refractivity contribution in [2.45, 2.75) is 116 Å². The maximum Gasteiger partial charge on any atom is 0.410 e. The van der Waals surface area contributed by atoms with Gasteiger partial charge in [-0.1, -0.05) is 27.2 Å². The maximum atomic E-state index is 13.2. The third-order valence-electron chi connectivity index (χ3n) is 7.10. The van der Waals surface area contributed by atoms with Crippen molar-refractivity contribution in [3.63, 3.8) is 0 Å². The van der Waals surface area contributed by atoms with E-state index in [1.54, 1.807) is 0 Å². The van der Waals surface area contributed by atoms with E-state index < -0.39 is 13.9 Å². The first-order chi connectivity index (χ1) is 12.7. The third-order valence-corrected chi connectivity index (χ3v) is 11.6. The molecule has 1 N–H and O–H groups in total. The number of hydrogen-bond acceptors (Lipinski definition) is 4. The molecular formula is C22H43NO4Si. The lowest BCUT2D eigenvalue weighted by molar-refractivity contribution is -0.0824. The van der Waals surface area contributed by atoms with Crippen molar-refractivity contribution in [3.05, 3.63) is 0 Å². The number of aliphatic hydroxyl groups excluding tert-OH is 1. The Morgan fingerprint density at radius 2 is 1.75 bits per heavy atom. The fraction of sp³-hybridized carbons (Fsp3) is 0.955. The Kier molecular flexibility index (Phi) is 6.99. The van der Waals surface area contributed by atoms with Crippen molar-refractivity contribution >= 4 is 14.4 Å². The van der Waals surface area contributed by atoms with Crippen molar-refractivity contribution in [1.29, 1.82) is 0 Å². The molecule has 1 saturated carbocycles. The number of aliphatic hydroxyl groups is 1. The van der Waals surface area contributed by atoms with Gasteiger partial charge in [0.05, 0.1) is 12.1 Å². The third kappa shape index (κ3) is 5.11. The molecule has 1 aliphatic carbocycles. The van der Waals surface area contributed by atoms with Crippen molar-refractivity contribution < 1.29 is 19.1 Å². The molecule has 5 atom stereocenters. The molecule has 0 aromatic carbocycles. The molecule has 5 nitrogen and oxygen atoms in total. The molecule has 0 unspecified atom stereocenters. The molecule has 2 rings (SSSR count). The molecule has 1 saturated heterocycles. The second kappa shape index (κ2) is 8.27. The average Bonchev–Trinajstić information content (AvgIpc) is 2.52. The molecule has 2 aliphatic rings. The van der Waals surface area contributed by atoms with E-state index in [1.165, 1.54) is 0 Å². The zero-order chi connectivity index (χ0) is 21.5. The van der Waals surface area contributed by atoms with Crippen LogP contribution in [0.3, 0.4) is 0 Å². The van der Waals surface area contributed by atoms with Crippen LogP contribution < -0.4 is 0 Å². The number of fused-ring (bicyclic) bond motifs is 1. The number of hydrogen-bond donors (Lipinski definition) is 1. The molecule has 2 fully saturated rings. The van der Waals surface area contributed by atoms with E-state index in [9.17, 15) is 9.90 Å². The summed E-state index contributed by atoms with van der Waals surface area (Å²) in [6.45, 7) is 19.3. The zero-order valence-corrected chi connectivity index (χ0v) is 20.5. The lowest BCUT2D eigenvalue weighted by Gasteiger charge is -2.54. The highest BCUT2D eigenvalue weighted by molar-refractivity contribution is 6.74. The van der Waals surface area contributed by atoms with Crippen molar-refractivity contribution in [2.24, 2.45) is 11.8 Å².